The van der Waals surface area contributed by atoms with Gasteiger partial charge in [0.15, 0.2) is 0 Å². The Labute approximate surface area is 158 Å². The third-order valence-electron chi connectivity index (χ3n) is 4.31. The van der Waals surface area contributed by atoms with Gasteiger partial charge in [-0.25, -0.2) is 4.98 Å². The summed E-state index contributed by atoms with van der Waals surface area (Å²) in [4.78, 5) is 16.9. The highest BCUT2D eigenvalue weighted by Crippen LogP contribution is 2.20. The molecule has 0 aliphatic carbocycles. The van der Waals surface area contributed by atoms with Gasteiger partial charge in [-0.05, 0) is 43.2 Å². The van der Waals surface area contributed by atoms with Crippen LogP contribution in [-0.4, -0.2) is 48.0 Å². The summed E-state index contributed by atoms with van der Waals surface area (Å²) in [6, 6.07) is 10.4. The minimum Gasteiger partial charge on any atom is -0.486 e. The first-order valence-corrected chi connectivity index (χ1v) is 9.04. The number of hydrogen-bond acceptors (Lipinski definition) is 6. The molecule has 0 saturated carbocycles. The quantitative estimate of drug-likeness (QED) is 0.772. The molecule has 1 aromatic carbocycles. The number of amides is 1. The fraction of sp³-hybridized carbons (Fsp3) is 0.400. The Bertz CT molecular complexity index is 750. The Hall–Kier alpha value is -2.64. The van der Waals surface area contributed by atoms with E-state index in [9.17, 15) is 4.79 Å². The van der Waals surface area contributed by atoms with Crippen molar-refractivity contribution in [1.82, 2.24) is 10.3 Å². The van der Waals surface area contributed by atoms with E-state index in [4.69, 9.17) is 19.3 Å². The smallest absolute Gasteiger partial charge is 0.257 e. The molecule has 2 heterocycles. The minimum atomic E-state index is -0.310. The summed E-state index contributed by atoms with van der Waals surface area (Å²) < 4.78 is 17.0. The zero-order valence-electron chi connectivity index (χ0n) is 15.3. The van der Waals surface area contributed by atoms with E-state index in [0.29, 0.717) is 43.4 Å². The Morgan fingerprint density at radius 3 is 2.89 bits per heavy atom. The van der Waals surface area contributed by atoms with E-state index in [-0.39, 0.29) is 24.7 Å². The maximum absolute atomic E-state index is 12.7. The lowest BCUT2D eigenvalue weighted by molar-refractivity contribution is -0.0135. The molecule has 144 valence electrons. The molecule has 0 unspecified atom stereocenters. The van der Waals surface area contributed by atoms with Crippen LogP contribution < -0.4 is 14.8 Å². The largest absolute Gasteiger partial charge is 0.486 e. The van der Waals surface area contributed by atoms with E-state index in [1.807, 2.05) is 6.92 Å². The fourth-order valence-corrected chi connectivity index (χ4v) is 2.90. The second-order valence-electron chi connectivity index (χ2n) is 6.19. The van der Waals surface area contributed by atoms with Gasteiger partial charge in [-0.15, -0.1) is 0 Å². The number of nitrogens with zero attached hydrogens (tertiary/aromatic N) is 1. The molecule has 0 radical (unpaired) electrons. The standard InChI is InChI=1S/C20H24N2O5/c1-2-26-20-16(4-3-10-21-20)19(24)22-17-9-11-25-13-18(17)27-15-7-5-14(12-23)6-8-15/h3-8,10,17-18,23H,2,9,11-13H2,1H3,(H,22,24)/t17-,18-/m1/s1. The fourth-order valence-electron chi connectivity index (χ4n) is 2.90. The number of aliphatic hydroxyl groups is 1. The van der Waals surface area contributed by atoms with Gasteiger partial charge in [0.25, 0.3) is 5.91 Å². The predicted molar refractivity (Wildman–Crippen MR) is 98.9 cm³/mol. The molecule has 0 spiro atoms. The normalized spacial score (nSPS) is 19.3. The Kier molecular flexibility index (Phi) is 6.62. The van der Waals surface area contributed by atoms with Gasteiger partial charge in [0.05, 0.1) is 25.9 Å². The highest BCUT2D eigenvalue weighted by molar-refractivity contribution is 5.96. The number of pyridine rings is 1. The zero-order valence-corrected chi connectivity index (χ0v) is 15.3. The molecule has 2 aromatic rings. The van der Waals surface area contributed by atoms with E-state index < -0.39 is 0 Å². The third kappa shape index (κ3) is 4.96. The van der Waals surface area contributed by atoms with Crippen LogP contribution in [0.5, 0.6) is 11.6 Å². The number of aromatic nitrogens is 1. The average molecular weight is 372 g/mol. The lowest BCUT2D eigenvalue weighted by Gasteiger charge is -2.32. The van der Waals surface area contributed by atoms with Crippen molar-refractivity contribution in [2.24, 2.45) is 0 Å². The van der Waals surface area contributed by atoms with Crippen LogP contribution in [0.1, 0.15) is 29.3 Å². The van der Waals surface area contributed by atoms with Crippen molar-refractivity contribution >= 4 is 5.91 Å². The van der Waals surface area contributed by atoms with Crippen molar-refractivity contribution in [3.8, 4) is 11.6 Å². The third-order valence-corrected chi connectivity index (χ3v) is 4.31. The Morgan fingerprint density at radius 1 is 1.33 bits per heavy atom. The summed E-state index contributed by atoms with van der Waals surface area (Å²) in [5.74, 6) is 0.739. The molecule has 1 amide bonds. The molecule has 2 N–H and O–H groups in total. The van der Waals surface area contributed by atoms with Crippen molar-refractivity contribution in [2.75, 3.05) is 19.8 Å². The zero-order chi connectivity index (χ0) is 19.1. The van der Waals surface area contributed by atoms with Crippen molar-refractivity contribution in [3.63, 3.8) is 0 Å². The number of carbonyl (C=O) groups excluding carboxylic acids is 1. The minimum absolute atomic E-state index is 0.0151. The van der Waals surface area contributed by atoms with E-state index >= 15 is 0 Å². The SMILES string of the molecule is CCOc1ncccc1C(=O)N[C@@H]1CCOC[C@H]1Oc1ccc(CO)cc1. The highest BCUT2D eigenvalue weighted by Gasteiger charge is 2.30. The average Bonchev–Trinajstić information content (AvgIpc) is 2.70. The van der Waals surface area contributed by atoms with E-state index in [0.717, 1.165) is 5.56 Å². The second-order valence-corrected chi connectivity index (χ2v) is 6.19. The number of rotatable bonds is 7. The second kappa shape index (κ2) is 9.34. The number of nitrogens with one attached hydrogen (secondary N) is 1. The van der Waals surface area contributed by atoms with Gasteiger partial charge in [0.2, 0.25) is 5.88 Å². The first-order chi connectivity index (χ1) is 13.2. The van der Waals surface area contributed by atoms with Crippen LogP contribution in [-0.2, 0) is 11.3 Å². The van der Waals surface area contributed by atoms with Gasteiger partial charge in [0, 0.05) is 12.8 Å². The van der Waals surface area contributed by atoms with Crippen molar-refractivity contribution < 1.29 is 24.1 Å². The van der Waals surface area contributed by atoms with Gasteiger partial charge in [0.1, 0.15) is 17.4 Å². The summed E-state index contributed by atoms with van der Waals surface area (Å²) in [5, 5.41) is 12.2. The molecule has 27 heavy (non-hydrogen) atoms. The lowest BCUT2D eigenvalue weighted by atomic mass is 10.1. The van der Waals surface area contributed by atoms with Gasteiger partial charge in [-0.3, -0.25) is 4.79 Å². The summed E-state index contributed by atoms with van der Waals surface area (Å²) in [7, 11) is 0. The van der Waals surface area contributed by atoms with Gasteiger partial charge < -0.3 is 24.6 Å². The summed E-state index contributed by atoms with van der Waals surface area (Å²) in [6.07, 6.45) is 1.93. The first-order valence-electron chi connectivity index (χ1n) is 9.04. The number of aliphatic hydroxyl groups excluding tert-OH is 1. The summed E-state index contributed by atoms with van der Waals surface area (Å²) >= 11 is 0. The van der Waals surface area contributed by atoms with Crippen molar-refractivity contribution in [1.29, 1.82) is 0 Å². The topological polar surface area (TPSA) is 89.9 Å². The first kappa shape index (κ1) is 19.1. The van der Waals surface area contributed by atoms with Crippen molar-refractivity contribution in [2.45, 2.75) is 32.1 Å². The summed E-state index contributed by atoms with van der Waals surface area (Å²) in [5.41, 5.74) is 1.21. The molecule has 0 bridgehead atoms. The van der Waals surface area contributed by atoms with E-state index in [2.05, 4.69) is 10.3 Å². The van der Waals surface area contributed by atoms with E-state index in [1.54, 1.807) is 42.6 Å². The van der Waals surface area contributed by atoms with Crippen LogP contribution in [0.15, 0.2) is 42.6 Å². The lowest BCUT2D eigenvalue weighted by Crippen LogP contribution is -2.51. The molecule has 7 heteroatoms. The number of hydrogen-bond donors (Lipinski definition) is 2. The molecule has 3 rings (SSSR count). The molecular formula is C20H24N2O5. The number of ether oxygens (including phenoxy) is 3. The molecular weight excluding hydrogens is 348 g/mol. The molecule has 1 fully saturated rings. The van der Waals surface area contributed by atoms with Crippen LogP contribution in [0.2, 0.25) is 0 Å². The van der Waals surface area contributed by atoms with Crippen LogP contribution in [0, 0.1) is 0 Å². The highest BCUT2D eigenvalue weighted by atomic mass is 16.5. The van der Waals surface area contributed by atoms with Crippen molar-refractivity contribution in [3.05, 3.63) is 53.7 Å². The maximum atomic E-state index is 12.7. The van der Waals surface area contributed by atoms with Crippen LogP contribution >= 0.6 is 0 Å². The molecule has 2 atom stereocenters. The maximum Gasteiger partial charge on any atom is 0.257 e. The molecule has 1 saturated heterocycles. The number of carbonyl (C=O) groups is 1. The van der Waals surface area contributed by atoms with Gasteiger partial charge in [-0.1, -0.05) is 12.1 Å². The molecule has 7 nitrogen and oxygen atoms in total. The van der Waals surface area contributed by atoms with E-state index in [1.165, 1.54) is 0 Å². The Morgan fingerprint density at radius 2 is 2.15 bits per heavy atom. The number of benzene rings is 1. The van der Waals surface area contributed by atoms with Crippen LogP contribution in [0.25, 0.3) is 0 Å². The van der Waals surface area contributed by atoms with Crippen LogP contribution in [0.3, 0.4) is 0 Å². The molecule has 1 aliphatic rings. The summed E-state index contributed by atoms with van der Waals surface area (Å²) in [6.45, 7) is 3.21. The van der Waals surface area contributed by atoms with Crippen LogP contribution in [0.4, 0.5) is 0 Å². The monoisotopic (exact) mass is 372 g/mol. The molecule has 1 aromatic heterocycles. The molecule has 1 aliphatic heterocycles. The van der Waals surface area contributed by atoms with Gasteiger partial charge >= 0.3 is 0 Å². The predicted octanol–water partition coefficient (Wildman–Crippen LogP) is 1.94. The Balaban J connectivity index is 1.69. The van der Waals surface area contributed by atoms with Gasteiger partial charge in [-0.2, -0.15) is 0 Å².